The van der Waals surface area contributed by atoms with Gasteiger partial charge < -0.3 is 24.9 Å². The molecule has 0 aliphatic carbocycles. The number of amides is 1. The number of nitrogens with one attached hydrogen (secondary N) is 2. The quantitative estimate of drug-likeness (QED) is 0.345. The molecule has 0 aromatic carbocycles. The summed E-state index contributed by atoms with van der Waals surface area (Å²) in [4.78, 5) is 45.9. The molecule has 2 N–H and O–H groups in total. The van der Waals surface area contributed by atoms with Crippen molar-refractivity contribution in [2.45, 2.75) is 52.7 Å². The fraction of sp³-hybridized carbons (Fsp3) is 0.667. The van der Waals surface area contributed by atoms with E-state index in [0.29, 0.717) is 6.21 Å². The Kier molecular flexibility index (Phi) is 10.0. The molecule has 1 amide bonds. The molecule has 0 unspecified atom stereocenters. The number of hydrogen-bond acceptors (Lipinski definition) is 8. The van der Waals surface area contributed by atoms with E-state index in [1.165, 1.54) is 0 Å². The number of hydrogen-bond donors (Lipinski definition) is 2. The van der Waals surface area contributed by atoms with Crippen molar-refractivity contribution in [3.05, 3.63) is 0 Å². The van der Waals surface area contributed by atoms with Crippen molar-refractivity contribution in [2.75, 3.05) is 6.79 Å². The number of rotatable bonds is 10. The first-order chi connectivity index (χ1) is 11.2. The summed E-state index contributed by atoms with van der Waals surface area (Å²) in [6, 6.07) is -1.11. The number of ether oxygens (including phenoxy) is 3. The minimum absolute atomic E-state index is 0.0410. The average Bonchev–Trinajstić information content (AvgIpc) is 2.49. The van der Waals surface area contributed by atoms with Gasteiger partial charge in [-0.25, -0.2) is 9.59 Å². The molecule has 0 aromatic rings. The number of ketones is 1. The Bertz CT molecular complexity index is 474. The fourth-order valence-electron chi connectivity index (χ4n) is 1.41. The topological polar surface area (TPSA) is 132 Å². The Morgan fingerprint density at radius 2 is 1.67 bits per heavy atom. The lowest BCUT2D eigenvalue weighted by Crippen LogP contribution is -2.43. The first kappa shape index (κ1) is 21.6. The number of Topliss-reactive ketones (excluding diaryl/α,β-unsaturated/α-hetero) is 1. The zero-order chi connectivity index (χ0) is 18.7. The Morgan fingerprint density at radius 3 is 2.17 bits per heavy atom. The normalized spacial score (nSPS) is 11.6. The van der Waals surface area contributed by atoms with Crippen LogP contribution in [0.25, 0.3) is 0 Å². The predicted octanol–water partition coefficient (Wildman–Crippen LogP) is 1.19. The van der Waals surface area contributed by atoms with Gasteiger partial charge in [0.15, 0.2) is 5.78 Å². The molecule has 0 radical (unpaired) electrons. The molecule has 0 aromatic heterocycles. The molecule has 0 aliphatic rings. The molecule has 0 spiro atoms. The first-order valence-electron chi connectivity index (χ1n) is 7.51. The summed E-state index contributed by atoms with van der Waals surface area (Å²) in [6.45, 7) is 5.94. The summed E-state index contributed by atoms with van der Waals surface area (Å²) in [5.74, 6) is -2.11. The highest BCUT2D eigenvalue weighted by Crippen LogP contribution is 2.04. The van der Waals surface area contributed by atoms with Crippen molar-refractivity contribution in [1.29, 1.82) is 5.41 Å². The maximum atomic E-state index is 11.9. The van der Waals surface area contributed by atoms with Gasteiger partial charge in [-0.1, -0.05) is 13.8 Å². The lowest BCUT2D eigenvalue weighted by atomic mass is 10.1. The van der Waals surface area contributed by atoms with Crippen LogP contribution in [0.15, 0.2) is 0 Å². The van der Waals surface area contributed by atoms with Gasteiger partial charge in [-0.3, -0.25) is 9.59 Å². The van der Waals surface area contributed by atoms with E-state index < -0.39 is 42.8 Å². The van der Waals surface area contributed by atoms with Gasteiger partial charge in [0.05, 0.1) is 18.2 Å². The van der Waals surface area contributed by atoms with Gasteiger partial charge in [-0.15, -0.1) is 0 Å². The second-order valence-electron chi connectivity index (χ2n) is 5.50. The third-order valence-corrected chi connectivity index (χ3v) is 2.63. The van der Waals surface area contributed by atoms with Crippen molar-refractivity contribution in [3.8, 4) is 0 Å². The van der Waals surface area contributed by atoms with E-state index in [1.54, 1.807) is 27.7 Å². The molecule has 0 bridgehead atoms. The molecule has 0 saturated carbocycles. The summed E-state index contributed by atoms with van der Waals surface area (Å²) in [6.07, 6.45) is -0.901. The van der Waals surface area contributed by atoms with Crippen LogP contribution in [0.1, 0.15) is 40.5 Å². The minimum atomic E-state index is -1.11. The highest BCUT2D eigenvalue weighted by atomic mass is 16.7. The molecule has 0 aliphatic heterocycles. The second kappa shape index (κ2) is 11.1. The van der Waals surface area contributed by atoms with Gasteiger partial charge in [0.25, 0.3) is 0 Å². The summed E-state index contributed by atoms with van der Waals surface area (Å²) in [5.41, 5.74) is 0. The molecule has 0 fully saturated rings. The van der Waals surface area contributed by atoms with E-state index in [-0.39, 0.29) is 18.8 Å². The Labute approximate surface area is 140 Å². The molecule has 0 saturated heterocycles. The van der Waals surface area contributed by atoms with Gasteiger partial charge in [0.1, 0.15) is 6.04 Å². The van der Waals surface area contributed by atoms with Crippen molar-refractivity contribution in [2.24, 2.45) is 5.92 Å². The van der Waals surface area contributed by atoms with Crippen LogP contribution in [-0.4, -0.2) is 49.0 Å². The van der Waals surface area contributed by atoms with Crippen LogP contribution in [0.3, 0.4) is 0 Å². The minimum Gasteiger partial charge on any atom is -0.461 e. The Balaban J connectivity index is 4.53. The largest absolute Gasteiger partial charge is 0.461 e. The van der Waals surface area contributed by atoms with E-state index in [4.69, 9.17) is 10.1 Å². The zero-order valence-electron chi connectivity index (χ0n) is 14.3. The van der Waals surface area contributed by atoms with E-state index in [0.717, 1.165) is 0 Å². The van der Waals surface area contributed by atoms with Crippen LogP contribution in [0.2, 0.25) is 0 Å². The van der Waals surface area contributed by atoms with Crippen LogP contribution < -0.4 is 5.32 Å². The maximum Gasteiger partial charge on any atom is 0.410 e. The Hall–Kier alpha value is -2.45. The van der Waals surface area contributed by atoms with Crippen LogP contribution in [-0.2, 0) is 28.6 Å². The fourth-order valence-corrected chi connectivity index (χ4v) is 1.41. The first-order valence-corrected chi connectivity index (χ1v) is 7.51. The summed E-state index contributed by atoms with van der Waals surface area (Å²) >= 11 is 0. The molecule has 9 heteroatoms. The van der Waals surface area contributed by atoms with Crippen molar-refractivity contribution < 1.29 is 33.4 Å². The van der Waals surface area contributed by atoms with Crippen LogP contribution in [0.5, 0.6) is 0 Å². The molecule has 0 rings (SSSR count). The number of esters is 2. The summed E-state index contributed by atoms with van der Waals surface area (Å²) < 4.78 is 14.3. The second-order valence-corrected chi connectivity index (χ2v) is 5.50. The van der Waals surface area contributed by atoms with E-state index in [2.05, 4.69) is 14.8 Å². The van der Waals surface area contributed by atoms with Gasteiger partial charge in [-0.05, 0) is 20.3 Å². The van der Waals surface area contributed by atoms with Crippen molar-refractivity contribution in [1.82, 2.24) is 5.32 Å². The van der Waals surface area contributed by atoms with Gasteiger partial charge >= 0.3 is 18.0 Å². The maximum absolute atomic E-state index is 11.9. The monoisotopic (exact) mass is 344 g/mol. The van der Waals surface area contributed by atoms with Crippen LogP contribution in [0.4, 0.5) is 4.79 Å². The third kappa shape index (κ3) is 9.54. The lowest BCUT2D eigenvalue weighted by Gasteiger charge is -2.18. The number of carbonyl (C=O) groups is 4. The van der Waals surface area contributed by atoms with E-state index in [9.17, 15) is 19.2 Å². The van der Waals surface area contributed by atoms with Gasteiger partial charge in [0, 0.05) is 6.42 Å². The predicted molar refractivity (Wildman–Crippen MR) is 83.5 cm³/mol. The molecule has 136 valence electrons. The molecular weight excluding hydrogens is 320 g/mol. The molecular formula is C15H24N2O7. The van der Waals surface area contributed by atoms with Crippen LogP contribution in [0, 0.1) is 11.3 Å². The zero-order valence-corrected chi connectivity index (χ0v) is 14.3. The van der Waals surface area contributed by atoms with Crippen molar-refractivity contribution in [3.63, 3.8) is 0 Å². The third-order valence-electron chi connectivity index (χ3n) is 2.63. The number of alkyl carbamates (subject to hydrolysis) is 1. The highest BCUT2D eigenvalue weighted by molar-refractivity contribution is 6.26. The molecule has 1 atom stereocenters. The van der Waals surface area contributed by atoms with Crippen molar-refractivity contribution >= 4 is 30.0 Å². The smallest absolute Gasteiger partial charge is 0.410 e. The molecule has 0 heterocycles. The van der Waals surface area contributed by atoms with Crippen LogP contribution >= 0.6 is 0 Å². The van der Waals surface area contributed by atoms with E-state index in [1.807, 2.05) is 0 Å². The lowest BCUT2D eigenvalue weighted by molar-refractivity contribution is -0.156. The summed E-state index contributed by atoms with van der Waals surface area (Å²) in [5, 5.41) is 9.08. The van der Waals surface area contributed by atoms with E-state index >= 15 is 0 Å². The summed E-state index contributed by atoms with van der Waals surface area (Å²) in [7, 11) is 0. The van der Waals surface area contributed by atoms with Gasteiger partial charge in [0.2, 0.25) is 6.79 Å². The molecule has 24 heavy (non-hydrogen) atoms. The highest BCUT2D eigenvalue weighted by Gasteiger charge is 2.24. The Morgan fingerprint density at radius 1 is 1.04 bits per heavy atom. The average molecular weight is 344 g/mol. The standard InChI is InChI=1S/C15H24N2O7/c1-9(2)13(19)22-8-23-15(21)17-12(6-5-11(18)7-16)14(20)24-10(3)4/h7,9-10,12,16H,5-6,8H2,1-4H3,(H,17,21)/t12-/m0/s1. The molecule has 9 nitrogen and oxygen atoms in total. The number of carbonyl (C=O) groups excluding carboxylic acids is 4. The van der Waals surface area contributed by atoms with Gasteiger partial charge in [-0.2, -0.15) is 0 Å². The SMILES string of the molecule is CC(C)OC(=O)[C@H](CCC(=O)C=N)NC(=O)OCOC(=O)C(C)C.